The maximum atomic E-state index is 5.59. The smallest absolute Gasteiger partial charge is 0.137 e. The van der Waals surface area contributed by atoms with Gasteiger partial charge in [0.2, 0.25) is 0 Å². The van der Waals surface area contributed by atoms with Crippen molar-refractivity contribution in [3.8, 4) is 0 Å². The topological polar surface area (TPSA) is 37.9 Å². The Hall–Kier alpha value is -0.740. The number of nitrogens with one attached hydrogen (secondary N) is 1. The van der Waals surface area contributed by atoms with Crippen LogP contribution in [0, 0.1) is 4.64 Å². The molecule has 1 unspecified atom stereocenters. The Morgan fingerprint density at radius 1 is 1.47 bits per heavy atom. The monoisotopic (exact) mass is 226 g/mol. The Morgan fingerprint density at radius 2 is 2.20 bits per heavy atom. The van der Waals surface area contributed by atoms with Crippen LogP contribution in [0.1, 0.15) is 44.8 Å². The van der Waals surface area contributed by atoms with Gasteiger partial charge in [0, 0.05) is 12.3 Å². The molecule has 0 aliphatic carbocycles. The van der Waals surface area contributed by atoms with Crippen LogP contribution in [-0.4, -0.2) is 16.6 Å². The fraction of sp³-hybridized carbons (Fsp3) is 0.636. The second kappa shape index (κ2) is 5.98. The summed E-state index contributed by atoms with van der Waals surface area (Å²) in [6, 6.07) is 1.90. The Kier molecular flexibility index (Phi) is 4.91. The van der Waals surface area contributed by atoms with Crippen molar-refractivity contribution in [1.82, 2.24) is 9.97 Å². The largest absolute Gasteiger partial charge is 0.371 e. The van der Waals surface area contributed by atoms with Crippen LogP contribution in [-0.2, 0) is 11.2 Å². The van der Waals surface area contributed by atoms with E-state index in [1.807, 2.05) is 13.0 Å². The van der Waals surface area contributed by atoms with Gasteiger partial charge in [-0.15, -0.1) is 0 Å². The average Bonchev–Trinajstić information content (AvgIpc) is 2.24. The minimum atomic E-state index is 0.0307. The third kappa shape index (κ3) is 3.39. The zero-order chi connectivity index (χ0) is 11.3. The molecule has 15 heavy (non-hydrogen) atoms. The second-order valence-electron chi connectivity index (χ2n) is 3.34. The Balaban J connectivity index is 3.00. The van der Waals surface area contributed by atoms with Crippen molar-refractivity contribution in [3.63, 3.8) is 0 Å². The molecule has 0 amide bonds. The number of aromatic nitrogens is 2. The van der Waals surface area contributed by atoms with Crippen molar-refractivity contribution in [2.45, 2.75) is 39.7 Å². The van der Waals surface area contributed by atoms with Crippen LogP contribution in [0.15, 0.2) is 6.07 Å². The molecule has 0 spiro atoms. The summed E-state index contributed by atoms with van der Waals surface area (Å²) in [4.78, 5) is 7.57. The summed E-state index contributed by atoms with van der Waals surface area (Å²) in [6.45, 7) is 6.85. The van der Waals surface area contributed by atoms with Gasteiger partial charge in [-0.1, -0.05) is 26.1 Å². The van der Waals surface area contributed by atoms with Crippen LogP contribution in [0.25, 0.3) is 0 Å². The number of hydrogen-bond donors (Lipinski definition) is 1. The van der Waals surface area contributed by atoms with E-state index in [1.165, 1.54) is 0 Å². The van der Waals surface area contributed by atoms with Gasteiger partial charge in [0.25, 0.3) is 0 Å². The summed E-state index contributed by atoms with van der Waals surface area (Å²) in [5.41, 5.74) is 1.11. The van der Waals surface area contributed by atoms with E-state index in [0.29, 0.717) is 11.2 Å². The summed E-state index contributed by atoms with van der Waals surface area (Å²) in [5.74, 6) is 0.851. The SMILES string of the molecule is CCOC(CC)c1nc(=S)cc(CC)[nH]1. The number of rotatable bonds is 5. The highest BCUT2D eigenvalue weighted by molar-refractivity contribution is 7.71. The maximum absolute atomic E-state index is 5.59. The summed E-state index contributed by atoms with van der Waals surface area (Å²) in [7, 11) is 0. The Bertz CT molecular complexity index is 362. The van der Waals surface area contributed by atoms with E-state index in [-0.39, 0.29) is 6.10 Å². The average molecular weight is 226 g/mol. The molecule has 0 saturated carbocycles. The van der Waals surface area contributed by atoms with Crippen molar-refractivity contribution in [1.29, 1.82) is 0 Å². The molecule has 1 aromatic heterocycles. The van der Waals surface area contributed by atoms with E-state index in [0.717, 1.165) is 24.4 Å². The number of ether oxygens (including phenoxy) is 1. The Labute approximate surface area is 95.9 Å². The minimum Gasteiger partial charge on any atom is -0.371 e. The van der Waals surface area contributed by atoms with Crippen LogP contribution in [0.2, 0.25) is 0 Å². The molecule has 1 N–H and O–H groups in total. The zero-order valence-corrected chi connectivity index (χ0v) is 10.4. The molecule has 0 aliphatic heterocycles. The van der Waals surface area contributed by atoms with Crippen LogP contribution >= 0.6 is 12.2 Å². The lowest BCUT2D eigenvalue weighted by Crippen LogP contribution is -2.09. The number of H-pyrrole nitrogens is 1. The van der Waals surface area contributed by atoms with Crippen molar-refractivity contribution in [2.24, 2.45) is 0 Å². The molecule has 84 valence electrons. The first-order valence-corrected chi connectivity index (χ1v) is 5.83. The van der Waals surface area contributed by atoms with Crippen molar-refractivity contribution in [2.75, 3.05) is 6.61 Å². The Morgan fingerprint density at radius 3 is 2.73 bits per heavy atom. The highest BCUT2D eigenvalue weighted by Gasteiger charge is 2.11. The van der Waals surface area contributed by atoms with Crippen molar-refractivity contribution >= 4 is 12.2 Å². The normalized spacial score (nSPS) is 12.7. The zero-order valence-electron chi connectivity index (χ0n) is 9.54. The number of aryl methyl sites for hydroxylation is 1. The van der Waals surface area contributed by atoms with Gasteiger partial charge in [0.15, 0.2) is 0 Å². The van der Waals surface area contributed by atoms with E-state index < -0.39 is 0 Å². The van der Waals surface area contributed by atoms with Crippen LogP contribution in [0.5, 0.6) is 0 Å². The molecule has 1 rings (SSSR count). The molecule has 0 aliphatic rings. The first-order valence-electron chi connectivity index (χ1n) is 5.42. The van der Waals surface area contributed by atoms with Gasteiger partial charge < -0.3 is 9.72 Å². The minimum absolute atomic E-state index is 0.0307. The fourth-order valence-electron chi connectivity index (χ4n) is 1.46. The third-order valence-electron chi connectivity index (χ3n) is 2.24. The molecular formula is C11H18N2OS. The molecule has 4 heteroatoms. The lowest BCUT2D eigenvalue weighted by Gasteiger charge is -2.14. The van der Waals surface area contributed by atoms with Gasteiger partial charge in [-0.25, -0.2) is 4.98 Å². The van der Waals surface area contributed by atoms with E-state index in [2.05, 4.69) is 23.8 Å². The summed E-state index contributed by atoms with van der Waals surface area (Å²) in [6.07, 6.45) is 1.87. The molecule has 1 aromatic rings. The fourth-order valence-corrected chi connectivity index (χ4v) is 1.70. The van der Waals surface area contributed by atoms with Gasteiger partial charge in [0.05, 0.1) is 0 Å². The second-order valence-corrected chi connectivity index (χ2v) is 3.75. The molecule has 0 bridgehead atoms. The standard InChI is InChI=1S/C11H18N2OS/c1-4-8-7-10(15)13-11(12-8)9(5-2)14-6-3/h7,9H,4-6H2,1-3H3,(H,12,13,15). The van der Waals surface area contributed by atoms with Crippen molar-refractivity contribution in [3.05, 3.63) is 22.2 Å². The predicted molar refractivity (Wildman–Crippen MR) is 63.5 cm³/mol. The maximum Gasteiger partial charge on any atom is 0.137 e. The van der Waals surface area contributed by atoms with Crippen LogP contribution in [0.4, 0.5) is 0 Å². The first-order chi connectivity index (χ1) is 7.21. The summed E-state index contributed by atoms with van der Waals surface area (Å²) in [5, 5.41) is 0. The van der Waals surface area contributed by atoms with Gasteiger partial charge in [-0.2, -0.15) is 0 Å². The molecular weight excluding hydrogens is 208 g/mol. The number of hydrogen-bond acceptors (Lipinski definition) is 3. The molecule has 0 saturated heterocycles. The number of aromatic amines is 1. The number of nitrogens with zero attached hydrogens (tertiary/aromatic N) is 1. The van der Waals surface area contributed by atoms with E-state index >= 15 is 0 Å². The molecule has 0 radical (unpaired) electrons. The summed E-state index contributed by atoms with van der Waals surface area (Å²) < 4.78 is 6.23. The van der Waals surface area contributed by atoms with Crippen LogP contribution < -0.4 is 0 Å². The van der Waals surface area contributed by atoms with Crippen LogP contribution in [0.3, 0.4) is 0 Å². The summed E-state index contributed by atoms with van der Waals surface area (Å²) >= 11 is 5.12. The molecule has 1 heterocycles. The first kappa shape index (κ1) is 12.3. The molecule has 0 fully saturated rings. The van der Waals surface area contributed by atoms with E-state index in [4.69, 9.17) is 17.0 Å². The van der Waals surface area contributed by atoms with Gasteiger partial charge in [-0.3, -0.25) is 0 Å². The lowest BCUT2D eigenvalue weighted by molar-refractivity contribution is 0.0532. The molecule has 1 atom stereocenters. The highest BCUT2D eigenvalue weighted by Crippen LogP contribution is 2.17. The van der Waals surface area contributed by atoms with Crippen molar-refractivity contribution < 1.29 is 4.74 Å². The van der Waals surface area contributed by atoms with E-state index in [1.54, 1.807) is 0 Å². The van der Waals surface area contributed by atoms with Gasteiger partial charge >= 0.3 is 0 Å². The van der Waals surface area contributed by atoms with Gasteiger partial charge in [0.1, 0.15) is 16.6 Å². The lowest BCUT2D eigenvalue weighted by atomic mass is 10.2. The third-order valence-corrected chi connectivity index (χ3v) is 2.45. The predicted octanol–water partition coefficient (Wildman–Crippen LogP) is 3.19. The molecule has 3 nitrogen and oxygen atoms in total. The van der Waals surface area contributed by atoms with Gasteiger partial charge in [-0.05, 0) is 25.8 Å². The van der Waals surface area contributed by atoms with E-state index in [9.17, 15) is 0 Å². The molecule has 0 aromatic carbocycles. The quantitative estimate of drug-likeness (QED) is 0.783. The highest BCUT2D eigenvalue weighted by atomic mass is 32.1.